The smallest absolute Gasteiger partial charge is 0.0545 e. The molecule has 0 spiro atoms. The summed E-state index contributed by atoms with van der Waals surface area (Å²) in [4.78, 5) is 10.3. The van der Waals surface area contributed by atoms with Gasteiger partial charge in [-0.2, -0.15) is 0 Å². The van der Waals surface area contributed by atoms with Crippen molar-refractivity contribution in [2.75, 3.05) is 19.6 Å². The summed E-state index contributed by atoms with van der Waals surface area (Å²) in [5.74, 6) is 0. The Kier molecular flexibility index (Phi) is 11.6. The topological polar surface area (TPSA) is 13.0 Å². The predicted molar refractivity (Wildman–Crippen MR) is 362 cm³/mol. The van der Waals surface area contributed by atoms with E-state index in [4.69, 9.17) is 0 Å². The highest BCUT2D eigenvalue weighted by molar-refractivity contribution is 6.03. The number of nitrogens with zero attached hydrogens (tertiary/aromatic N) is 4. The second kappa shape index (κ2) is 18.8. The first-order chi connectivity index (χ1) is 40.8. The van der Waals surface area contributed by atoms with Crippen molar-refractivity contribution in [3.63, 3.8) is 0 Å². The monoisotopic (exact) mass is 1100 g/mol. The van der Waals surface area contributed by atoms with E-state index in [1.807, 2.05) is 0 Å². The van der Waals surface area contributed by atoms with Crippen molar-refractivity contribution in [1.29, 1.82) is 0 Å². The molecule has 0 unspecified atom stereocenters. The van der Waals surface area contributed by atoms with Gasteiger partial charge in [-0.15, -0.1) is 0 Å². The van der Waals surface area contributed by atoms with E-state index in [-0.39, 0.29) is 0 Å². The van der Waals surface area contributed by atoms with Crippen LogP contribution in [0.3, 0.4) is 0 Å². The van der Waals surface area contributed by atoms with Gasteiger partial charge in [0.05, 0.1) is 17.1 Å². The second-order valence-electron chi connectivity index (χ2n) is 26.5. The molecule has 0 amide bonds. The maximum Gasteiger partial charge on any atom is 0.0545 e. The zero-order valence-electron chi connectivity index (χ0n) is 51.1. The average Bonchev–Trinajstić information content (AvgIpc) is 0.671. The first-order valence-electron chi connectivity index (χ1n) is 30.3. The molecule has 0 aromatic heterocycles. The third kappa shape index (κ3) is 8.23. The molecule has 0 aliphatic carbocycles. The van der Waals surface area contributed by atoms with Gasteiger partial charge in [-0.25, -0.2) is 0 Å². The quantitative estimate of drug-likeness (QED) is 0.143. The third-order valence-corrected chi connectivity index (χ3v) is 19.1. The molecular formula is C81H72N4. The van der Waals surface area contributed by atoms with Crippen LogP contribution < -0.4 is 19.6 Å². The molecule has 416 valence electrons. The highest BCUT2D eigenvalue weighted by Crippen LogP contribution is 2.68. The maximum absolute atomic E-state index is 2.74. The molecule has 0 saturated heterocycles. The number of benzene rings is 12. The lowest BCUT2D eigenvalue weighted by Gasteiger charge is -2.55. The van der Waals surface area contributed by atoms with Gasteiger partial charge in [0.25, 0.3) is 0 Å². The number of anilines is 12. The van der Waals surface area contributed by atoms with E-state index in [1.165, 1.54) is 116 Å². The number of aryl methyl sites for hydroxylation is 6. The summed E-state index contributed by atoms with van der Waals surface area (Å²) in [5.41, 5.74) is 28.1. The molecule has 0 bridgehead atoms. The first-order valence-corrected chi connectivity index (χ1v) is 30.3. The van der Waals surface area contributed by atoms with E-state index in [0.717, 1.165) is 51.2 Å². The van der Waals surface area contributed by atoms with Crippen LogP contribution >= 0.6 is 0 Å². The summed E-state index contributed by atoms with van der Waals surface area (Å²) in [6, 6.07) is 83.6. The van der Waals surface area contributed by atoms with Crippen molar-refractivity contribution in [2.45, 2.75) is 99.3 Å². The van der Waals surface area contributed by atoms with Gasteiger partial charge in [0.1, 0.15) is 0 Å². The normalized spacial score (nSPS) is 14.6. The zero-order valence-corrected chi connectivity index (χ0v) is 51.1. The van der Waals surface area contributed by atoms with Crippen LogP contribution in [0, 0.1) is 41.5 Å². The van der Waals surface area contributed by atoms with Crippen LogP contribution in [0.4, 0.5) is 68.2 Å². The summed E-state index contributed by atoms with van der Waals surface area (Å²) in [5, 5.41) is 7.33. The fourth-order valence-corrected chi connectivity index (χ4v) is 15.1. The fourth-order valence-electron chi connectivity index (χ4n) is 15.1. The van der Waals surface area contributed by atoms with Crippen molar-refractivity contribution in [1.82, 2.24) is 0 Å². The van der Waals surface area contributed by atoms with Gasteiger partial charge in [0.2, 0.25) is 0 Å². The van der Waals surface area contributed by atoms with E-state index >= 15 is 0 Å². The van der Waals surface area contributed by atoms with Gasteiger partial charge in [-0.05, 0) is 250 Å². The Morgan fingerprint density at radius 1 is 0.224 bits per heavy atom. The van der Waals surface area contributed by atoms with Crippen molar-refractivity contribution in [3.8, 4) is 0 Å². The molecule has 0 radical (unpaired) electrons. The zero-order chi connectivity index (χ0) is 58.6. The van der Waals surface area contributed by atoms with Crippen LogP contribution in [0.25, 0.3) is 32.3 Å². The Morgan fingerprint density at radius 2 is 0.435 bits per heavy atom. The molecule has 3 heterocycles. The molecule has 85 heavy (non-hydrogen) atoms. The summed E-state index contributed by atoms with van der Waals surface area (Å²) in [7, 11) is 0. The van der Waals surface area contributed by atoms with Gasteiger partial charge in [0.15, 0.2) is 0 Å². The number of fused-ring (bicyclic) bond motifs is 3. The molecule has 15 rings (SSSR count). The second-order valence-corrected chi connectivity index (χ2v) is 26.5. The Balaban J connectivity index is 1.06. The molecule has 0 saturated carbocycles. The summed E-state index contributed by atoms with van der Waals surface area (Å²) in [6.45, 7) is 28.4. The highest BCUT2D eigenvalue weighted by Gasteiger charge is 2.53. The minimum Gasteiger partial charge on any atom is -0.310 e. The van der Waals surface area contributed by atoms with E-state index in [2.05, 4.69) is 321 Å². The Bertz CT molecular complexity index is 4180. The summed E-state index contributed by atoms with van der Waals surface area (Å²) >= 11 is 0. The minimum atomic E-state index is -0.469. The van der Waals surface area contributed by atoms with Crippen LogP contribution in [0.5, 0.6) is 0 Å². The van der Waals surface area contributed by atoms with Crippen molar-refractivity contribution < 1.29 is 0 Å². The molecule has 3 aliphatic heterocycles. The van der Waals surface area contributed by atoms with Crippen LogP contribution in [0.2, 0.25) is 0 Å². The SMILES string of the molecule is Cc1cc(C)cc(N(c2cc3c4c(c2)C(C)(C)c2cc(N(c5cc(C)cc(C)c5)c5ccc6ccccc6c5)cc5c2N4c2c(cc(N(c4cc(C)cc(C)c4)c4ccc6ccccc6c4)cc2C5(C)C)C3(C)C)c2ccc3ccccc3c2)c1. The summed E-state index contributed by atoms with van der Waals surface area (Å²) < 4.78 is 0. The molecule has 4 nitrogen and oxygen atoms in total. The molecule has 0 fully saturated rings. The van der Waals surface area contributed by atoms with Gasteiger partial charge < -0.3 is 19.6 Å². The average molecular weight is 1100 g/mol. The Hall–Kier alpha value is -9.38. The van der Waals surface area contributed by atoms with Gasteiger partial charge in [-0.3, -0.25) is 0 Å². The number of hydrogen-bond acceptors (Lipinski definition) is 4. The lowest BCUT2D eigenvalue weighted by molar-refractivity contribution is 0.567. The lowest BCUT2D eigenvalue weighted by atomic mass is 9.60. The molecule has 0 atom stereocenters. The molecule has 3 aliphatic rings. The van der Waals surface area contributed by atoms with E-state index < -0.39 is 16.2 Å². The number of rotatable bonds is 9. The molecule has 4 heteroatoms. The number of hydrogen-bond donors (Lipinski definition) is 0. The molecule has 0 N–H and O–H groups in total. The molecule has 12 aromatic rings. The van der Waals surface area contributed by atoms with Crippen LogP contribution in [-0.2, 0) is 16.2 Å². The van der Waals surface area contributed by atoms with Crippen molar-refractivity contribution >= 4 is 101 Å². The standard InChI is InChI=1S/C81H72N4/c1-49-31-50(2)35-64(34-49)82(61-28-25-55-19-13-16-22-58(55)40-61)67-43-70-76-71(44-67)80(9,10)73-46-69(84(66-38-53(5)33-54(6)39-66)63-30-27-57-21-15-18-24-60(57)42-63)48-75-78(73)85(76)77-72(79(70,7)8)45-68(47-74(77)81(75,11)12)83(65-36-51(3)32-52(4)37-65)62-29-26-56-20-14-17-23-59(56)41-62/h13-48H,1-12H3. The van der Waals surface area contributed by atoms with Gasteiger partial charge in [0, 0.05) is 67.4 Å². The lowest BCUT2D eigenvalue weighted by Crippen LogP contribution is -2.44. The Morgan fingerprint density at radius 3 is 0.671 bits per heavy atom. The van der Waals surface area contributed by atoms with Crippen LogP contribution in [0.1, 0.15) is 108 Å². The first kappa shape index (κ1) is 52.4. The third-order valence-electron chi connectivity index (χ3n) is 19.1. The maximum atomic E-state index is 2.74. The van der Waals surface area contributed by atoms with Gasteiger partial charge >= 0.3 is 0 Å². The van der Waals surface area contributed by atoms with Crippen LogP contribution in [0.15, 0.2) is 218 Å². The van der Waals surface area contributed by atoms with E-state index in [1.54, 1.807) is 0 Å². The van der Waals surface area contributed by atoms with Crippen LogP contribution in [-0.4, -0.2) is 0 Å². The Labute approximate surface area is 501 Å². The molecular weight excluding hydrogens is 1030 g/mol. The minimum absolute atomic E-state index is 0.469. The van der Waals surface area contributed by atoms with E-state index in [0.29, 0.717) is 0 Å². The van der Waals surface area contributed by atoms with E-state index in [9.17, 15) is 0 Å². The van der Waals surface area contributed by atoms with Gasteiger partial charge in [-0.1, -0.05) is 151 Å². The van der Waals surface area contributed by atoms with Crippen molar-refractivity contribution in [2.24, 2.45) is 0 Å². The predicted octanol–water partition coefficient (Wildman–Crippen LogP) is 22.8. The van der Waals surface area contributed by atoms with Crippen molar-refractivity contribution in [3.05, 3.63) is 285 Å². The highest BCUT2D eigenvalue weighted by atomic mass is 15.2. The molecule has 12 aromatic carbocycles. The summed E-state index contributed by atoms with van der Waals surface area (Å²) in [6.07, 6.45) is 0. The largest absolute Gasteiger partial charge is 0.310 e. The fraction of sp³-hybridized carbons (Fsp3) is 0.185.